The third kappa shape index (κ3) is 2.77. The van der Waals surface area contributed by atoms with Crippen LogP contribution in [0, 0.1) is 0 Å². The largest absolute Gasteiger partial charge is 0.550 e. The molecule has 0 fully saturated rings. The molecule has 1 aromatic carbocycles. The fourth-order valence-corrected chi connectivity index (χ4v) is 2.47. The highest BCUT2D eigenvalue weighted by Crippen LogP contribution is 2.32. The lowest BCUT2D eigenvalue weighted by Gasteiger charge is -2.27. The van der Waals surface area contributed by atoms with Crippen molar-refractivity contribution in [1.82, 2.24) is 4.90 Å². The van der Waals surface area contributed by atoms with Gasteiger partial charge in [-0.15, -0.1) is 0 Å². The van der Waals surface area contributed by atoms with Gasteiger partial charge in [0.05, 0.1) is 33.2 Å². The number of amides is 2. The summed E-state index contributed by atoms with van der Waals surface area (Å²) in [6.07, 6.45) is -1.16. The van der Waals surface area contributed by atoms with E-state index in [1.807, 2.05) is 0 Å². The van der Waals surface area contributed by atoms with Crippen LogP contribution in [0.15, 0.2) is 12.1 Å². The van der Waals surface area contributed by atoms with Gasteiger partial charge in [0.1, 0.15) is 0 Å². The minimum atomic E-state index is -1.74. The predicted octanol–water partition coefficient (Wildman–Crippen LogP) is -0.762. The summed E-state index contributed by atoms with van der Waals surface area (Å²) in [5.41, 5.74) is -0.196. The lowest BCUT2D eigenvalue weighted by Crippen LogP contribution is -2.51. The predicted molar refractivity (Wildman–Crippen MR) is 70.0 cm³/mol. The molecule has 0 N–H and O–H groups in total. The second kappa shape index (κ2) is 5.94. The van der Waals surface area contributed by atoms with Gasteiger partial charge < -0.3 is 19.8 Å². The van der Waals surface area contributed by atoms with E-state index in [0.29, 0.717) is 4.90 Å². The number of imide groups is 1. The summed E-state index contributed by atoms with van der Waals surface area (Å²) in [5, 5.41) is 21.7. The Labute approximate surface area is 134 Å². The van der Waals surface area contributed by atoms with Crippen molar-refractivity contribution < 1.29 is 29.4 Å². The van der Waals surface area contributed by atoms with Crippen LogP contribution >= 0.6 is 23.2 Å². The Kier molecular flexibility index (Phi) is 4.39. The zero-order valence-corrected chi connectivity index (χ0v) is 12.3. The van der Waals surface area contributed by atoms with E-state index in [9.17, 15) is 29.4 Å². The molecule has 7 nitrogen and oxygen atoms in total. The van der Waals surface area contributed by atoms with Crippen molar-refractivity contribution in [1.29, 1.82) is 0 Å². The lowest BCUT2D eigenvalue weighted by atomic mass is 10.1. The Morgan fingerprint density at radius 3 is 1.86 bits per heavy atom. The summed E-state index contributed by atoms with van der Waals surface area (Å²) in [7, 11) is 0. The van der Waals surface area contributed by atoms with E-state index in [2.05, 4.69) is 0 Å². The molecule has 9 heteroatoms. The second-order valence-electron chi connectivity index (χ2n) is 4.54. The fourth-order valence-electron chi connectivity index (χ4n) is 2.14. The van der Waals surface area contributed by atoms with Gasteiger partial charge >= 0.3 is 0 Å². The fraction of sp³-hybridized carbons (Fsp3) is 0.231. The van der Waals surface area contributed by atoms with Gasteiger partial charge in [0.15, 0.2) is 0 Å². The highest BCUT2D eigenvalue weighted by molar-refractivity contribution is 6.43. The van der Waals surface area contributed by atoms with E-state index in [1.165, 1.54) is 0 Å². The molecule has 116 valence electrons. The van der Waals surface area contributed by atoms with E-state index in [1.54, 1.807) is 0 Å². The average molecular weight is 344 g/mol. The maximum Gasteiger partial charge on any atom is 0.262 e. The van der Waals surface area contributed by atoms with Crippen molar-refractivity contribution in [3.63, 3.8) is 0 Å². The molecule has 0 bridgehead atoms. The van der Waals surface area contributed by atoms with Crippen LogP contribution in [0.5, 0.6) is 0 Å². The Morgan fingerprint density at radius 2 is 1.50 bits per heavy atom. The van der Waals surface area contributed by atoms with Crippen LogP contribution < -0.4 is 10.2 Å². The van der Waals surface area contributed by atoms with Gasteiger partial charge in [-0.25, -0.2) is 0 Å². The van der Waals surface area contributed by atoms with Crippen molar-refractivity contribution in [3.05, 3.63) is 33.3 Å². The molecular weight excluding hydrogens is 337 g/mol. The summed E-state index contributed by atoms with van der Waals surface area (Å²) in [4.78, 5) is 46.5. The number of halogens is 2. The number of hydrogen-bond donors (Lipinski definition) is 0. The van der Waals surface area contributed by atoms with E-state index in [4.69, 9.17) is 23.2 Å². The summed E-state index contributed by atoms with van der Waals surface area (Å²) < 4.78 is 0. The number of nitrogens with zero attached hydrogens (tertiary/aromatic N) is 1. The van der Waals surface area contributed by atoms with E-state index < -0.39 is 42.6 Å². The number of hydrogen-bond acceptors (Lipinski definition) is 6. The third-order valence-electron chi connectivity index (χ3n) is 3.16. The first-order valence-corrected chi connectivity index (χ1v) is 6.77. The molecule has 22 heavy (non-hydrogen) atoms. The monoisotopic (exact) mass is 343 g/mol. The van der Waals surface area contributed by atoms with Crippen molar-refractivity contribution in [2.75, 3.05) is 0 Å². The smallest absolute Gasteiger partial charge is 0.262 e. The third-order valence-corrected chi connectivity index (χ3v) is 3.89. The first-order valence-electron chi connectivity index (χ1n) is 6.01. The molecule has 0 radical (unpaired) electrons. The molecule has 1 heterocycles. The molecule has 1 unspecified atom stereocenters. The van der Waals surface area contributed by atoms with Crippen molar-refractivity contribution in [3.8, 4) is 0 Å². The number of carbonyl (C=O) groups excluding carboxylic acids is 4. The lowest BCUT2D eigenvalue weighted by molar-refractivity contribution is -0.311. The molecule has 0 aromatic heterocycles. The molecule has 2 rings (SSSR count). The number of rotatable bonds is 5. The Bertz CT molecular complexity index is 661. The molecule has 0 aliphatic carbocycles. The van der Waals surface area contributed by atoms with E-state index in [0.717, 1.165) is 12.1 Å². The van der Waals surface area contributed by atoms with Crippen molar-refractivity contribution in [2.24, 2.45) is 0 Å². The highest BCUT2D eigenvalue weighted by atomic mass is 35.5. The van der Waals surface area contributed by atoms with E-state index >= 15 is 0 Å². The van der Waals surface area contributed by atoms with Gasteiger partial charge in [-0.3, -0.25) is 14.5 Å². The Hall–Kier alpha value is -2.12. The first kappa shape index (κ1) is 16.3. The van der Waals surface area contributed by atoms with Gasteiger partial charge in [-0.2, -0.15) is 0 Å². The topological polar surface area (TPSA) is 118 Å². The van der Waals surface area contributed by atoms with Gasteiger partial charge in [-0.1, -0.05) is 23.2 Å². The standard InChI is InChI=1S/C13H9Cl2NO6/c14-7-3-5-6(4-8(7)15)12(20)16(11(5)19)9(13(21)22)1-2-10(17)18/h3-4,9H,1-2H2,(H,17,18)(H,21,22)/p-2. The van der Waals surface area contributed by atoms with Gasteiger partial charge in [0, 0.05) is 5.97 Å². The van der Waals surface area contributed by atoms with Gasteiger partial charge in [0.25, 0.3) is 11.8 Å². The van der Waals surface area contributed by atoms with Crippen LogP contribution in [0.4, 0.5) is 0 Å². The highest BCUT2D eigenvalue weighted by Gasteiger charge is 2.40. The number of benzene rings is 1. The normalized spacial score (nSPS) is 14.9. The number of fused-ring (bicyclic) bond motifs is 1. The summed E-state index contributed by atoms with van der Waals surface area (Å²) >= 11 is 11.5. The summed E-state index contributed by atoms with van der Waals surface area (Å²) in [6, 6.07) is 0.595. The number of carboxylic acids is 2. The van der Waals surface area contributed by atoms with E-state index in [-0.39, 0.29) is 21.2 Å². The molecule has 1 atom stereocenters. The molecule has 0 spiro atoms. The zero-order chi connectivity index (χ0) is 16.6. The molecular formula is C13H7Cl2NO6-2. The Balaban J connectivity index is 2.40. The van der Waals surface area contributed by atoms with Crippen LogP contribution in [0.3, 0.4) is 0 Å². The van der Waals surface area contributed by atoms with Gasteiger partial charge in [-0.05, 0) is 25.0 Å². The van der Waals surface area contributed by atoms with Crippen LogP contribution in [0.1, 0.15) is 33.6 Å². The summed E-state index contributed by atoms with van der Waals surface area (Å²) in [5.74, 6) is -5.04. The zero-order valence-electron chi connectivity index (χ0n) is 10.8. The minimum Gasteiger partial charge on any atom is -0.550 e. The summed E-state index contributed by atoms with van der Waals surface area (Å²) in [6.45, 7) is 0. The molecule has 1 aliphatic heterocycles. The molecule has 0 saturated carbocycles. The number of carbonyl (C=O) groups is 4. The SMILES string of the molecule is O=C([O-])CCC(C(=O)[O-])N1C(=O)c2cc(Cl)c(Cl)cc2C1=O. The maximum atomic E-state index is 12.2. The maximum absolute atomic E-state index is 12.2. The molecule has 1 aliphatic rings. The number of aliphatic carboxylic acids is 2. The van der Waals surface area contributed by atoms with Crippen molar-refractivity contribution in [2.45, 2.75) is 18.9 Å². The van der Waals surface area contributed by atoms with Crippen molar-refractivity contribution >= 4 is 47.0 Å². The van der Waals surface area contributed by atoms with Gasteiger partial charge in [0.2, 0.25) is 0 Å². The number of carboxylic acid groups (broad SMARTS) is 2. The van der Waals surface area contributed by atoms with Crippen LogP contribution in [0.2, 0.25) is 10.0 Å². The minimum absolute atomic E-state index is 0.0307. The first-order chi connectivity index (χ1) is 10.2. The van der Waals surface area contributed by atoms with Crippen LogP contribution in [0.25, 0.3) is 0 Å². The second-order valence-corrected chi connectivity index (χ2v) is 5.35. The quantitative estimate of drug-likeness (QED) is 0.648. The average Bonchev–Trinajstić information content (AvgIpc) is 2.64. The molecule has 2 amide bonds. The molecule has 0 saturated heterocycles. The van der Waals surface area contributed by atoms with Crippen LogP contribution in [-0.2, 0) is 9.59 Å². The van der Waals surface area contributed by atoms with Crippen LogP contribution in [-0.4, -0.2) is 34.7 Å². The Morgan fingerprint density at radius 1 is 1.05 bits per heavy atom. The molecule has 1 aromatic rings.